The van der Waals surface area contributed by atoms with E-state index in [4.69, 9.17) is 14.5 Å². The minimum Gasteiger partial charge on any atom is -0.382 e. The summed E-state index contributed by atoms with van der Waals surface area (Å²) in [6.45, 7) is 5.68. The summed E-state index contributed by atoms with van der Waals surface area (Å²) in [4.78, 5) is 68.7. The lowest BCUT2D eigenvalue weighted by Gasteiger charge is -2.27. The van der Waals surface area contributed by atoms with E-state index in [1.807, 2.05) is 24.4 Å². The second-order valence-electron chi connectivity index (χ2n) is 16.0. The third-order valence-electron chi connectivity index (χ3n) is 11.2. The number of aromatic nitrogens is 5. The first kappa shape index (κ1) is 43.0. The standard InChI is InChI=1S/C44H47N11O7S/c1-25(2)49-33-21-34(35-11-10-29-20-26(22-45)23-48-55(29)35)47-24-31(33)42-53-52-41(63-42)27-6-8-28(9-7-27)50-38(57)14-16-61-18-19-62-17-15-46-32-5-3-4-30-39(32)44(60)54(43(30)59)36-12-13-37(56)51-40(36)58/h3-5,10-11,20-21,23-25,27-28,36,46H,6-9,12-19H2,1-2H3,(H,47,49)(H,50,57)(H,51,56,58)/t27-,28-,36?. The van der Waals surface area contributed by atoms with Crippen LogP contribution in [0.4, 0.5) is 11.4 Å². The van der Waals surface area contributed by atoms with Gasteiger partial charge in [-0.2, -0.15) is 10.4 Å². The molecule has 0 radical (unpaired) electrons. The summed E-state index contributed by atoms with van der Waals surface area (Å²) in [6.07, 6.45) is 7.21. The molecule has 2 fully saturated rings. The van der Waals surface area contributed by atoms with Gasteiger partial charge < -0.3 is 25.4 Å². The third-order valence-corrected chi connectivity index (χ3v) is 12.3. The molecule has 19 heteroatoms. The first-order chi connectivity index (χ1) is 30.6. The highest BCUT2D eigenvalue weighted by Gasteiger charge is 2.45. The number of nitrogens with zero attached hydrogens (tertiary/aromatic N) is 7. The van der Waals surface area contributed by atoms with Crippen LogP contribution in [0.25, 0.3) is 27.5 Å². The Balaban J connectivity index is 0.734. The maximum absolute atomic E-state index is 13.3. The van der Waals surface area contributed by atoms with Crippen LogP contribution >= 0.6 is 11.3 Å². The zero-order valence-corrected chi connectivity index (χ0v) is 35.7. The smallest absolute Gasteiger partial charge is 0.264 e. The van der Waals surface area contributed by atoms with Gasteiger partial charge in [0, 0.05) is 55.0 Å². The Morgan fingerprint density at radius 3 is 2.52 bits per heavy atom. The lowest BCUT2D eigenvalue weighted by atomic mass is 9.86. The molecule has 1 unspecified atom stereocenters. The number of pyridine rings is 1. The molecule has 0 bridgehead atoms. The number of nitrogens with one attached hydrogen (secondary N) is 4. The van der Waals surface area contributed by atoms with Crippen LogP contribution in [-0.2, 0) is 23.9 Å². The first-order valence-corrected chi connectivity index (χ1v) is 21.9. The van der Waals surface area contributed by atoms with Gasteiger partial charge in [-0.15, -0.1) is 10.2 Å². The molecule has 3 aliphatic rings. The molecule has 0 spiro atoms. The lowest BCUT2D eigenvalue weighted by molar-refractivity contribution is -0.136. The number of fused-ring (bicyclic) bond motifs is 2. The molecule has 63 heavy (non-hydrogen) atoms. The molecule has 1 atom stereocenters. The third kappa shape index (κ3) is 9.57. The van der Waals surface area contributed by atoms with Crippen molar-refractivity contribution in [3.8, 4) is 28.0 Å². The number of benzene rings is 1. The van der Waals surface area contributed by atoms with E-state index in [9.17, 15) is 29.2 Å². The molecule has 326 valence electrons. The Hall–Kier alpha value is -6.62. The molecule has 5 amide bonds. The van der Waals surface area contributed by atoms with Crippen molar-refractivity contribution in [2.24, 2.45) is 0 Å². The number of carbonyl (C=O) groups excluding carboxylic acids is 5. The Labute approximate surface area is 366 Å². The number of hydrogen-bond donors (Lipinski definition) is 4. The largest absolute Gasteiger partial charge is 0.382 e. The fraction of sp³-hybridized carbons (Fsp3) is 0.409. The molecule has 1 aromatic carbocycles. The summed E-state index contributed by atoms with van der Waals surface area (Å²) in [5.41, 5.74) is 5.48. The predicted octanol–water partition coefficient (Wildman–Crippen LogP) is 4.69. The van der Waals surface area contributed by atoms with Gasteiger partial charge in [-0.3, -0.25) is 39.2 Å². The highest BCUT2D eigenvalue weighted by molar-refractivity contribution is 7.14. The van der Waals surface area contributed by atoms with E-state index in [-0.39, 0.29) is 60.9 Å². The fourth-order valence-electron chi connectivity index (χ4n) is 8.15. The van der Waals surface area contributed by atoms with Crippen LogP contribution in [0.3, 0.4) is 0 Å². The highest BCUT2D eigenvalue weighted by Crippen LogP contribution is 2.39. The second-order valence-corrected chi connectivity index (χ2v) is 17.0. The summed E-state index contributed by atoms with van der Waals surface area (Å²) in [5.74, 6) is -2.02. The summed E-state index contributed by atoms with van der Waals surface area (Å²) < 4.78 is 13.1. The Morgan fingerprint density at radius 2 is 1.75 bits per heavy atom. The normalized spacial score (nSPS) is 18.7. The van der Waals surface area contributed by atoms with Crippen molar-refractivity contribution in [3.63, 3.8) is 0 Å². The van der Waals surface area contributed by atoms with Gasteiger partial charge in [0.2, 0.25) is 17.7 Å². The fourth-order valence-corrected chi connectivity index (χ4v) is 9.19. The number of amides is 5. The highest BCUT2D eigenvalue weighted by atomic mass is 32.1. The molecular weight excluding hydrogens is 827 g/mol. The summed E-state index contributed by atoms with van der Waals surface area (Å²) in [6, 6.07) is 13.9. The van der Waals surface area contributed by atoms with E-state index in [2.05, 4.69) is 56.5 Å². The molecule has 5 aromatic rings. The van der Waals surface area contributed by atoms with Crippen LogP contribution in [0.15, 0.2) is 54.9 Å². The van der Waals surface area contributed by atoms with E-state index in [1.54, 1.807) is 46.3 Å². The molecule has 2 aliphatic heterocycles. The zero-order valence-electron chi connectivity index (χ0n) is 34.9. The minimum atomic E-state index is -1.03. The van der Waals surface area contributed by atoms with Gasteiger partial charge in [0.25, 0.3) is 11.8 Å². The Morgan fingerprint density at radius 1 is 0.937 bits per heavy atom. The average molecular weight is 874 g/mol. The SMILES string of the molecule is CC(C)Nc1cc(-c2ccc3cc(C#N)cnn23)ncc1-c1nnc([C@H]2CC[C@H](NC(=O)CCOCCOCCNc3cccc4c3C(=O)N(C3CCC(=O)NC3=O)C4=O)CC2)s1. The van der Waals surface area contributed by atoms with Crippen molar-refractivity contribution in [1.82, 2.24) is 40.3 Å². The van der Waals surface area contributed by atoms with E-state index in [1.165, 1.54) is 0 Å². The second kappa shape index (κ2) is 19.2. The van der Waals surface area contributed by atoms with Crippen LogP contribution < -0.4 is 21.3 Å². The van der Waals surface area contributed by atoms with Gasteiger partial charge in [-0.25, -0.2) is 4.52 Å². The van der Waals surface area contributed by atoms with Gasteiger partial charge in [-0.1, -0.05) is 17.4 Å². The van der Waals surface area contributed by atoms with Crippen LogP contribution in [0.1, 0.15) is 96.0 Å². The zero-order chi connectivity index (χ0) is 44.0. The van der Waals surface area contributed by atoms with Gasteiger partial charge in [-0.05, 0) is 82.3 Å². The maximum atomic E-state index is 13.3. The van der Waals surface area contributed by atoms with Crippen molar-refractivity contribution in [3.05, 3.63) is 76.6 Å². The quantitative estimate of drug-likeness (QED) is 0.0734. The van der Waals surface area contributed by atoms with Crippen molar-refractivity contribution in [2.75, 3.05) is 43.6 Å². The molecule has 18 nitrogen and oxygen atoms in total. The van der Waals surface area contributed by atoms with Crippen molar-refractivity contribution in [2.45, 2.75) is 82.8 Å². The maximum Gasteiger partial charge on any atom is 0.264 e. The number of piperidine rings is 1. The van der Waals surface area contributed by atoms with E-state index >= 15 is 0 Å². The molecule has 4 N–H and O–H groups in total. The van der Waals surface area contributed by atoms with Gasteiger partial charge >= 0.3 is 0 Å². The monoisotopic (exact) mass is 873 g/mol. The molecule has 6 heterocycles. The molecule has 1 saturated heterocycles. The van der Waals surface area contributed by atoms with Gasteiger partial charge in [0.15, 0.2) is 5.01 Å². The summed E-state index contributed by atoms with van der Waals surface area (Å²) >= 11 is 1.58. The number of hydrogen-bond acceptors (Lipinski definition) is 15. The van der Waals surface area contributed by atoms with Crippen molar-refractivity contribution in [1.29, 1.82) is 5.26 Å². The van der Waals surface area contributed by atoms with E-state index < -0.39 is 29.7 Å². The van der Waals surface area contributed by atoms with E-state index in [0.717, 1.165) is 68.8 Å². The van der Waals surface area contributed by atoms with Gasteiger partial charge in [0.05, 0.1) is 71.8 Å². The molecule has 1 aliphatic carbocycles. The van der Waals surface area contributed by atoms with Gasteiger partial charge in [0.1, 0.15) is 17.1 Å². The predicted molar refractivity (Wildman–Crippen MR) is 232 cm³/mol. The Bertz CT molecular complexity index is 2590. The molecule has 4 aromatic heterocycles. The lowest BCUT2D eigenvalue weighted by Crippen LogP contribution is -2.54. The number of imide groups is 2. The molecular formula is C44H47N11O7S. The first-order valence-electron chi connectivity index (χ1n) is 21.1. The molecule has 8 rings (SSSR count). The number of carbonyl (C=O) groups is 5. The number of anilines is 2. The number of ether oxygens (including phenoxy) is 2. The number of rotatable bonds is 17. The van der Waals surface area contributed by atoms with Crippen LogP contribution in [0.2, 0.25) is 0 Å². The van der Waals surface area contributed by atoms with E-state index in [0.29, 0.717) is 37.6 Å². The average Bonchev–Trinajstić information content (AvgIpc) is 4.00. The topological polar surface area (TPSA) is 235 Å². The molecule has 1 saturated carbocycles. The summed E-state index contributed by atoms with van der Waals surface area (Å²) in [7, 11) is 0. The Kier molecular flexibility index (Phi) is 13.1. The van der Waals surface area contributed by atoms with Crippen molar-refractivity contribution < 1.29 is 33.4 Å². The minimum absolute atomic E-state index is 0.0524. The van der Waals surface area contributed by atoms with Crippen LogP contribution in [-0.4, -0.2) is 110 Å². The van der Waals surface area contributed by atoms with Crippen LogP contribution in [0, 0.1) is 11.3 Å². The number of nitriles is 1. The van der Waals surface area contributed by atoms with Crippen molar-refractivity contribution >= 4 is 57.8 Å². The summed E-state index contributed by atoms with van der Waals surface area (Å²) in [5, 5.41) is 36.7. The van der Waals surface area contributed by atoms with Crippen LogP contribution in [0.5, 0.6) is 0 Å².